The molecular weight excluding hydrogens is 224 g/mol. The molecule has 0 aromatic rings. The molecular formula is C15H28N2O. The van der Waals surface area contributed by atoms with Crippen molar-refractivity contribution in [3.05, 3.63) is 0 Å². The average Bonchev–Trinajstić information content (AvgIpc) is 2.92. The largest absolute Gasteiger partial charge is 0.394 e. The van der Waals surface area contributed by atoms with E-state index in [1.807, 2.05) is 0 Å². The van der Waals surface area contributed by atoms with Gasteiger partial charge in [-0.3, -0.25) is 4.90 Å². The Morgan fingerprint density at radius 1 is 1.06 bits per heavy atom. The van der Waals surface area contributed by atoms with Crippen LogP contribution in [0.3, 0.4) is 0 Å². The first kappa shape index (κ1) is 12.9. The first-order valence-electron chi connectivity index (χ1n) is 7.87. The number of aliphatic hydroxyl groups is 1. The molecule has 0 spiro atoms. The van der Waals surface area contributed by atoms with Crippen LogP contribution in [0.15, 0.2) is 0 Å². The third-order valence-electron chi connectivity index (χ3n) is 5.54. The van der Waals surface area contributed by atoms with E-state index in [-0.39, 0.29) is 12.1 Å². The van der Waals surface area contributed by atoms with Crippen LogP contribution >= 0.6 is 0 Å². The summed E-state index contributed by atoms with van der Waals surface area (Å²) >= 11 is 0. The molecule has 3 rings (SSSR count). The van der Waals surface area contributed by atoms with E-state index < -0.39 is 0 Å². The molecule has 0 aromatic heterocycles. The summed E-state index contributed by atoms with van der Waals surface area (Å²) in [6, 6.07) is 0.765. The van der Waals surface area contributed by atoms with E-state index in [1.165, 1.54) is 57.9 Å². The van der Waals surface area contributed by atoms with Gasteiger partial charge < -0.3 is 10.8 Å². The van der Waals surface area contributed by atoms with Crippen LogP contribution in [0.1, 0.15) is 51.4 Å². The summed E-state index contributed by atoms with van der Waals surface area (Å²) < 4.78 is 0. The summed E-state index contributed by atoms with van der Waals surface area (Å²) in [5.41, 5.74) is 6.13. The third-order valence-corrected chi connectivity index (χ3v) is 5.54. The lowest BCUT2D eigenvalue weighted by Crippen LogP contribution is -2.56. The Hall–Kier alpha value is -0.120. The fraction of sp³-hybridized carbons (Fsp3) is 1.00. The second-order valence-corrected chi connectivity index (χ2v) is 6.89. The van der Waals surface area contributed by atoms with Crippen LogP contribution < -0.4 is 5.73 Å². The number of nitrogens with zero attached hydrogens (tertiary/aromatic N) is 1. The van der Waals surface area contributed by atoms with Crippen LogP contribution in [0.2, 0.25) is 0 Å². The summed E-state index contributed by atoms with van der Waals surface area (Å²) in [6.45, 7) is 2.29. The molecule has 104 valence electrons. The molecule has 2 saturated carbocycles. The molecule has 18 heavy (non-hydrogen) atoms. The molecule has 0 aromatic carbocycles. The molecule has 3 nitrogen and oxygen atoms in total. The molecule has 2 aliphatic carbocycles. The van der Waals surface area contributed by atoms with Crippen LogP contribution in [0.4, 0.5) is 0 Å². The summed E-state index contributed by atoms with van der Waals surface area (Å²) in [5, 5.41) is 9.66. The first-order valence-corrected chi connectivity index (χ1v) is 7.87. The first-order chi connectivity index (χ1) is 8.73. The Labute approximate surface area is 111 Å². The molecule has 2 atom stereocenters. The van der Waals surface area contributed by atoms with Crippen LogP contribution in [0, 0.1) is 11.8 Å². The van der Waals surface area contributed by atoms with Gasteiger partial charge in [-0.2, -0.15) is 0 Å². The maximum absolute atomic E-state index is 9.66. The van der Waals surface area contributed by atoms with Gasteiger partial charge in [-0.25, -0.2) is 0 Å². The predicted molar refractivity (Wildman–Crippen MR) is 73.3 cm³/mol. The Morgan fingerprint density at radius 2 is 1.78 bits per heavy atom. The van der Waals surface area contributed by atoms with E-state index in [0.717, 1.165) is 18.5 Å². The molecule has 0 radical (unpaired) electrons. The lowest BCUT2D eigenvalue weighted by atomic mass is 9.91. The van der Waals surface area contributed by atoms with Crippen molar-refractivity contribution in [3.63, 3.8) is 0 Å². The zero-order valence-corrected chi connectivity index (χ0v) is 11.5. The fourth-order valence-corrected chi connectivity index (χ4v) is 4.27. The summed E-state index contributed by atoms with van der Waals surface area (Å²) in [7, 11) is 0. The quantitative estimate of drug-likeness (QED) is 0.783. The van der Waals surface area contributed by atoms with Crippen molar-refractivity contribution in [1.29, 1.82) is 0 Å². The van der Waals surface area contributed by atoms with Gasteiger partial charge in [0.15, 0.2) is 0 Å². The minimum Gasteiger partial charge on any atom is -0.394 e. The second kappa shape index (κ2) is 5.10. The number of likely N-dealkylation sites (tertiary alicyclic amines) is 1. The van der Waals surface area contributed by atoms with E-state index in [9.17, 15) is 5.11 Å². The molecule has 0 amide bonds. The van der Waals surface area contributed by atoms with Gasteiger partial charge in [-0.05, 0) is 56.9 Å². The predicted octanol–water partition coefficient (Wildman–Crippen LogP) is 1.74. The van der Waals surface area contributed by atoms with E-state index in [2.05, 4.69) is 4.90 Å². The summed E-state index contributed by atoms with van der Waals surface area (Å²) in [4.78, 5) is 2.62. The van der Waals surface area contributed by atoms with Crippen molar-refractivity contribution in [3.8, 4) is 0 Å². The molecule has 3 heteroatoms. The summed E-state index contributed by atoms with van der Waals surface area (Å²) in [6.07, 6.45) is 10.8. The molecule has 1 aliphatic heterocycles. The van der Waals surface area contributed by atoms with Crippen molar-refractivity contribution in [2.45, 2.75) is 62.9 Å². The molecule has 3 aliphatic rings. The van der Waals surface area contributed by atoms with E-state index in [0.29, 0.717) is 5.92 Å². The number of nitrogens with two attached hydrogens (primary N) is 1. The van der Waals surface area contributed by atoms with Gasteiger partial charge in [0, 0.05) is 12.6 Å². The van der Waals surface area contributed by atoms with E-state index in [1.54, 1.807) is 0 Å². The van der Waals surface area contributed by atoms with Crippen LogP contribution in [-0.4, -0.2) is 41.3 Å². The van der Waals surface area contributed by atoms with Crippen molar-refractivity contribution in [2.24, 2.45) is 17.6 Å². The maximum atomic E-state index is 9.66. The second-order valence-electron chi connectivity index (χ2n) is 6.89. The number of aliphatic hydroxyl groups excluding tert-OH is 1. The van der Waals surface area contributed by atoms with Gasteiger partial charge in [0.1, 0.15) is 0 Å². The fourth-order valence-electron chi connectivity index (χ4n) is 4.27. The highest BCUT2D eigenvalue weighted by molar-refractivity contribution is 5.02. The van der Waals surface area contributed by atoms with Crippen LogP contribution in [0.5, 0.6) is 0 Å². The highest BCUT2D eigenvalue weighted by Gasteiger charge is 2.45. The minimum absolute atomic E-state index is 0.158. The topological polar surface area (TPSA) is 49.5 Å². The van der Waals surface area contributed by atoms with Crippen LogP contribution in [0.25, 0.3) is 0 Å². The lowest BCUT2D eigenvalue weighted by molar-refractivity contribution is 0.0970. The zero-order valence-electron chi connectivity index (χ0n) is 11.5. The Bertz CT molecular complexity index is 286. The van der Waals surface area contributed by atoms with Gasteiger partial charge in [0.25, 0.3) is 0 Å². The Balaban J connectivity index is 1.63. The highest BCUT2D eigenvalue weighted by Crippen LogP contribution is 2.41. The number of hydrogen-bond acceptors (Lipinski definition) is 3. The Kier molecular flexibility index (Phi) is 3.65. The van der Waals surface area contributed by atoms with Crippen molar-refractivity contribution in [2.75, 3.05) is 19.7 Å². The van der Waals surface area contributed by atoms with Gasteiger partial charge in [-0.1, -0.05) is 12.8 Å². The molecule has 2 unspecified atom stereocenters. The lowest BCUT2D eigenvalue weighted by Gasteiger charge is -2.37. The van der Waals surface area contributed by atoms with E-state index in [4.69, 9.17) is 5.73 Å². The van der Waals surface area contributed by atoms with Crippen molar-refractivity contribution < 1.29 is 5.11 Å². The van der Waals surface area contributed by atoms with Gasteiger partial charge in [0.05, 0.1) is 12.1 Å². The van der Waals surface area contributed by atoms with Gasteiger partial charge in [0.2, 0.25) is 0 Å². The van der Waals surface area contributed by atoms with Crippen LogP contribution in [-0.2, 0) is 0 Å². The summed E-state index contributed by atoms with van der Waals surface area (Å²) in [5.74, 6) is 1.49. The third kappa shape index (κ3) is 2.45. The van der Waals surface area contributed by atoms with Crippen molar-refractivity contribution in [1.82, 2.24) is 4.90 Å². The molecule has 0 bridgehead atoms. The normalized spacial score (nSPS) is 34.0. The molecule has 1 heterocycles. The number of hydrogen-bond donors (Lipinski definition) is 2. The molecule has 1 saturated heterocycles. The monoisotopic (exact) mass is 252 g/mol. The minimum atomic E-state index is -0.318. The SMILES string of the molecule is NC(CO)(CN1CCCC1C1CCCC1)C1CC1. The molecule has 3 N–H and O–H groups in total. The molecule has 3 fully saturated rings. The van der Waals surface area contributed by atoms with Crippen molar-refractivity contribution >= 4 is 0 Å². The maximum Gasteiger partial charge on any atom is 0.0626 e. The Morgan fingerprint density at radius 3 is 2.39 bits per heavy atom. The average molecular weight is 252 g/mol. The number of rotatable bonds is 5. The van der Waals surface area contributed by atoms with Gasteiger partial charge >= 0.3 is 0 Å². The van der Waals surface area contributed by atoms with E-state index >= 15 is 0 Å². The standard InChI is InChI=1S/C15H28N2O/c16-15(11-18,13-7-8-13)10-17-9-3-6-14(17)12-4-1-2-5-12/h12-14,18H,1-11,16H2. The highest BCUT2D eigenvalue weighted by atomic mass is 16.3. The van der Waals surface area contributed by atoms with Gasteiger partial charge in [-0.15, -0.1) is 0 Å². The smallest absolute Gasteiger partial charge is 0.0626 e. The zero-order chi connectivity index (χ0) is 12.6.